The Morgan fingerprint density at radius 3 is 2.40 bits per heavy atom. The van der Waals surface area contributed by atoms with Gasteiger partial charge in [0.05, 0.1) is 0 Å². The van der Waals surface area contributed by atoms with Gasteiger partial charge in [-0.15, -0.1) is 0 Å². The third-order valence-corrected chi connectivity index (χ3v) is 1.81. The van der Waals surface area contributed by atoms with Crippen molar-refractivity contribution in [3.8, 4) is 0 Å². The molecule has 1 amide bonds. The highest BCUT2D eigenvalue weighted by molar-refractivity contribution is 5.94. The van der Waals surface area contributed by atoms with E-state index in [4.69, 9.17) is 5.73 Å². The van der Waals surface area contributed by atoms with Crippen LogP contribution in [-0.2, 0) is 0 Å². The zero-order chi connectivity index (χ0) is 11.5. The molecule has 1 aromatic rings. The molecule has 0 aliphatic heterocycles. The highest BCUT2D eigenvalue weighted by atomic mass is 19.1. The quantitative estimate of drug-likeness (QED) is 0.790. The molecule has 82 valence electrons. The lowest BCUT2D eigenvalue weighted by molar-refractivity contribution is 0.0946. The van der Waals surface area contributed by atoms with E-state index in [0.717, 1.165) is 0 Å². The Hall–Kier alpha value is -1.42. The van der Waals surface area contributed by atoms with Gasteiger partial charge in [-0.2, -0.15) is 0 Å². The van der Waals surface area contributed by atoms with Gasteiger partial charge in [-0.25, -0.2) is 4.39 Å². The lowest BCUT2D eigenvalue weighted by Gasteiger charge is -2.18. The molecule has 0 fully saturated rings. The molecule has 1 rings (SSSR count). The number of nitrogens with two attached hydrogens (primary N) is 1. The summed E-state index contributed by atoms with van der Waals surface area (Å²) in [4.78, 5) is 11.5. The third kappa shape index (κ3) is 4.08. The maximum Gasteiger partial charge on any atom is 0.251 e. The Kier molecular flexibility index (Phi) is 3.42. The summed E-state index contributed by atoms with van der Waals surface area (Å²) in [6.07, 6.45) is 0. The molecule has 0 saturated carbocycles. The summed E-state index contributed by atoms with van der Waals surface area (Å²) in [5.41, 5.74) is 5.69. The first-order valence-corrected chi connectivity index (χ1v) is 4.71. The van der Waals surface area contributed by atoms with Gasteiger partial charge < -0.3 is 11.1 Å². The van der Waals surface area contributed by atoms with Crippen LogP contribution in [0.3, 0.4) is 0 Å². The number of rotatable bonds is 3. The van der Waals surface area contributed by atoms with Crippen LogP contribution in [0.15, 0.2) is 24.3 Å². The monoisotopic (exact) mass is 210 g/mol. The van der Waals surface area contributed by atoms with Gasteiger partial charge in [-0.05, 0) is 38.1 Å². The largest absolute Gasteiger partial charge is 0.350 e. The van der Waals surface area contributed by atoms with Gasteiger partial charge in [-0.3, -0.25) is 4.79 Å². The van der Waals surface area contributed by atoms with Crippen LogP contribution in [0, 0.1) is 5.82 Å². The number of amides is 1. The van der Waals surface area contributed by atoms with E-state index < -0.39 is 5.54 Å². The van der Waals surface area contributed by atoms with E-state index in [0.29, 0.717) is 12.1 Å². The maximum absolute atomic E-state index is 12.6. The lowest BCUT2D eigenvalue weighted by Crippen LogP contribution is -2.45. The summed E-state index contributed by atoms with van der Waals surface area (Å²) in [6.45, 7) is 4.01. The first-order valence-electron chi connectivity index (χ1n) is 4.71. The molecule has 0 aliphatic rings. The Balaban J connectivity index is 2.58. The minimum absolute atomic E-state index is 0.242. The molecule has 0 atom stereocenters. The Morgan fingerprint density at radius 2 is 1.93 bits per heavy atom. The van der Waals surface area contributed by atoms with Crippen molar-refractivity contribution in [2.24, 2.45) is 5.73 Å². The molecule has 4 heteroatoms. The van der Waals surface area contributed by atoms with Crippen LogP contribution in [0.25, 0.3) is 0 Å². The fourth-order valence-electron chi connectivity index (χ4n) is 1.01. The van der Waals surface area contributed by atoms with Crippen molar-refractivity contribution in [3.63, 3.8) is 0 Å². The van der Waals surface area contributed by atoms with Crippen molar-refractivity contribution in [2.75, 3.05) is 6.54 Å². The van der Waals surface area contributed by atoms with Gasteiger partial charge in [0.1, 0.15) is 5.82 Å². The molecular weight excluding hydrogens is 195 g/mol. The molecule has 15 heavy (non-hydrogen) atoms. The summed E-state index contributed by atoms with van der Waals surface area (Å²) in [5.74, 6) is -0.598. The summed E-state index contributed by atoms with van der Waals surface area (Å²) in [7, 11) is 0. The number of carbonyl (C=O) groups is 1. The summed E-state index contributed by atoms with van der Waals surface area (Å²) in [6, 6.07) is 5.38. The molecular formula is C11H15FN2O. The number of hydrogen-bond acceptors (Lipinski definition) is 2. The summed E-state index contributed by atoms with van der Waals surface area (Å²) < 4.78 is 12.6. The second kappa shape index (κ2) is 4.40. The average Bonchev–Trinajstić information content (AvgIpc) is 2.14. The van der Waals surface area contributed by atoms with Crippen LogP contribution in [0.2, 0.25) is 0 Å². The summed E-state index contributed by atoms with van der Waals surface area (Å²) >= 11 is 0. The van der Waals surface area contributed by atoms with Crippen LogP contribution >= 0.6 is 0 Å². The van der Waals surface area contributed by atoms with E-state index in [9.17, 15) is 9.18 Å². The minimum Gasteiger partial charge on any atom is -0.350 e. The maximum atomic E-state index is 12.6. The van der Waals surface area contributed by atoms with Crippen LogP contribution in [0.1, 0.15) is 24.2 Å². The zero-order valence-corrected chi connectivity index (χ0v) is 8.88. The minimum atomic E-state index is -0.449. The Labute approximate surface area is 88.5 Å². The number of nitrogens with one attached hydrogen (secondary N) is 1. The predicted octanol–water partition coefficient (Wildman–Crippen LogP) is 1.29. The van der Waals surface area contributed by atoms with E-state index >= 15 is 0 Å². The van der Waals surface area contributed by atoms with Gasteiger partial charge in [-0.1, -0.05) is 0 Å². The average molecular weight is 210 g/mol. The molecule has 0 saturated heterocycles. The Bertz CT molecular complexity index is 341. The molecule has 0 spiro atoms. The highest BCUT2D eigenvalue weighted by Crippen LogP contribution is 2.03. The Morgan fingerprint density at radius 1 is 1.40 bits per heavy atom. The number of hydrogen-bond donors (Lipinski definition) is 2. The first-order chi connectivity index (χ1) is 6.88. The fraction of sp³-hybridized carbons (Fsp3) is 0.364. The van der Waals surface area contributed by atoms with Crippen molar-refractivity contribution in [1.29, 1.82) is 0 Å². The van der Waals surface area contributed by atoms with Gasteiger partial charge in [0.15, 0.2) is 0 Å². The molecule has 3 N–H and O–H groups in total. The molecule has 3 nitrogen and oxygen atoms in total. The first kappa shape index (κ1) is 11.7. The number of halogens is 1. The predicted molar refractivity (Wildman–Crippen MR) is 57.0 cm³/mol. The van der Waals surface area contributed by atoms with E-state index in [1.807, 2.05) is 13.8 Å². The van der Waals surface area contributed by atoms with Crippen molar-refractivity contribution >= 4 is 5.91 Å². The van der Waals surface area contributed by atoms with Crippen molar-refractivity contribution < 1.29 is 9.18 Å². The second-order valence-corrected chi connectivity index (χ2v) is 4.18. The van der Waals surface area contributed by atoms with Gasteiger partial charge in [0.2, 0.25) is 0 Å². The topological polar surface area (TPSA) is 55.1 Å². The van der Waals surface area contributed by atoms with Crippen molar-refractivity contribution in [1.82, 2.24) is 5.32 Å². The molecule has 0 radical (unpaired) electrons. The van der Waals surface area contributed by atoms with Gasteiger partial charge in [0.25, 0.3) is 5.91 Å². The fourth-order valence-corrected chi connectivity index (χ4v) is 1.01. The molecule has 0 aromatic heterocycles. The van der Waals surface area contributed by atoms with Crippen LogP contribution < -0.4 is 11.1 Å². The van der Waals surface area contributed by atoms with Crippen LogP contribution in [-0.4, -0.2) is 18.0 Å². The summed E-state index contributed by atoms with van der Waals surface area (Å²) in [5, 5.41) is 2.67. The molecule has 0 unspecified atom stereocenters. The van der Waals surface area contributed by atoms with Crippen molar-refractivity contribution in [3.05, 3.63) is 35.6 Å². The normalized spacial score (nSPS) is 11.2. The number of carbonyl (C=O) groups excluding carboxylic acids is 1. The van der Waals surface area contributed by atoms with Crippen molar-refractivity contribution in [2.45, 2.75) is 19.4 Å². The molecule has 0 bridgehead atoms. The number of benzene rings is 1. The van der Waals surface area contributed by atoms with Gasteiger partial charge >= 0.3 is 0 Å². The molecule has 0 aliphatic carbocycles. The standard InChI is InChI=1S/C11H15FN2O/c1-11(2,13)7-14-10(15)8-3-5-9(12)6-4-8/h3-6H,7,13H2,1-2H3,(H,14,15). The zero-order valence-electron chi connectivity index (χ0n) is 8.88. The van der Waals surface area contributed by atoms with E-state index in [-0.39, 0.29) is 11.7 Å². The van der Waals surface area contributed by atoms with E-state index in [1.54, 1.807) is 0 Å². The van der Waals surface area contributed by atoms with Crippen LogP contribution in [0.5, 0.6) is 0 Å². The van der Waals surface area contributed by atoms with E-state index in [1.165, 1.54) is 24.3 Å². The highest BCUT2D eigenvalue weighted by Gasteiger charge is 2.13. The third-order valence-electron chi connectivity index (χ3n) is 1.81. The smallest absolute Gasteiger partial charge is 0.251 e. The molecule has 0 heterocycles. The lowest BCUT2D eigenvalue weighted by atomic mass is 10.1. The van der Waals surface area contributed by atoms with E-state index in [2.05, 4.69) is 5.32 Å². The van der Waals surface area contributed by atoms with Gasteiger partial charge in [0, 0.05) is 17.6 Å². The molecule has 1 aromatic carbocycles. The second-order valence-electron chi connectivity index (χ2n) is 4.18. The SMILES string of the molecule is CC(C)(N)CNC(=O)c1ccc(F)cc1. The van der Waals surface area contributed by atoms with Crippen LogP contribution in [0.4, 0.5) is 4.39 Å².